The molecule has 3 heterocycles. The number of hydrogen-bond acceptors (Lipinski definition) is 4. The van der Waals surface area contributed by atoms with Crippen molar-refractivity contribution >= 4 is 28.3 Å². The molecule has 0 spiro atoms. The fourth-order valence-electron chi connectivity index (χ4n) is 3.62. The number of pyridine rings is 2. The van der Waals surface area contributed by atoms with E-state index in [1.54, 1.807) is 18.3 Å². The Morgan fingerprint density at radius 3 is 2.64 bits per heavy atom. The summed E-state index contributed by atoms with van der Waals surface area (Å²) in [6, 6.07) is 10.0. The van der Waals surface area contributed by atoms with Gasteiger partial charge in [0, 0.05) is 36.1 Å². The van der Waals surface area contributed by atoms with Gasteiger partial charge in [-0.3, -0.25) is 4.79 Å². The first-order chi connectivity index (χ1) is 13.6. The highest BCUT2D eigenvalue weighted by molar-refractivity contribution is 6.07. The second-order valence-corrected chi connectivity index (χ2v) is 7.21. The number of anilines is 2. The van der Waals surface area contributed by atoms with Gasteiger partial charge in [-0.25, -0.2) is 14.4 Å². The zero-order valence-corrected chi connectivity index (χ0v) is 15.9. The minimum absolute atomic E-state index is 0.0456. The summed E-state index contributed by atoms with van der Waals surface area (Å²) in [5.74, 6) is -0.381. The summed E-state index contributed by atoms with van der Waals surface area (Å²) in [6.45, 7) is 3.40. The Labute approximate surface area is 163 Å². The van der Waals surface area contributed by atoms with Gasteiger partial charge < -0.3 is 10.2 Å². The molecule has 5 nitrogen and oxygen atoms in total. The smallest absolute Gasteiger partial charge is 0.257 e. The van der Waals surface area contributed by atoms with E-state index in [0.717, 1.165) is 49.9 Å². The van der Waals surface area contributed by atoms with E-state index in [1.165, 1.54) is 12.1 Å². The number of carbonyl (C=O) groups excluding carboxylic acids is 1. The quantitative estimate of drug-likeness (QED) is 0.709. The third kappa shape index (κ3) is 3.81. The van der Waals surface area contributed by atoms with Crippen LogP contribution in [0, 0.1) is 12.7 Å². The van der Waals surface area contributed by atoms with E-state index < -0.39 is 0 Å². The molecule has 3 aromatic rings. The van der Waals surface area contributed by atoms with Gasteiger partial charge in [-0.15, -0.1) is 0 Å². The number of amides is 1. The van der Waals surface area contributed by atoms with Crippen LogP contribution in [0.4, 0.5) is 15.8 Å². The molecule has 1 N–H and O–H groups in total. The zero-order valence-electron chi connectivity index (χ0n) is 15.9. The molecular weight excluding hydrogens is 355 g/mol. The number of nitrogens with zero attached hydrogens (tertiary/aromatic N) is 3. The van der Waals surface area contributed by atoms with E-state index in [4.69, 9.17) is 0 Å². The first kappa shape index (κ1) is 18.3. The molecular formula is C22H23FN4O. The van der Waals surface area contributed by atoms with Crippen molar-refractivity contribution < 1.29 is 9.18 Å². The van der Waals surface area contributed by atoms with Crippen molar-refractivity contribution in [1.29, 1.82) is 0 Å². The van der Waals surface area contributed by atoms with Gasteiger partial charge in [-0.1, -0.05) is 18.9 Å². The van der Waals surface area contributed by atoms with E-state index >= 15 is 0 Å². The third-order valence-corrected chi connectivity index (χ3v) is 5.09. The summed E-state index contributed by atoms with van der Waals surface area (Å²) in [5.41, 5.74) is 3.11. The third-order valence-electron chi connectivity index (χ3n) is 5.09. The monoisotopic (exact) mass is 378 g/mol. The van der Waals surface area contributed by atoms with Crippen LogP contribution in [0.25, 0.3) is 11.0 Å². The van der Waals surface area contributed by atoms with Crippen molar-refractivity contribution in [2.45, 2.75) is 32.6 Å². The lowest BCUT2D eigenvalue weighted by atomic mass is 10.1. The molecule has 1 amide bonds. The van der Waals surface area contributed by atoms with Crippen LogP contribution in [-0.4, -0.2) is 33.9 Å². The average Bonchev–Trinajstić information content (AvgIpc) is 2.97. The van der Waals surface area contributed by atoms with Crippen molar-refractivity contribution in [1.82, 2.24) is 14.9 Å². The maximum absolute atomic E-state index is 13.7. The van der Waals surface area contributed by atoms with Crippen LogP contribution in [-0.2, 0) is 0 Å². The number of rotatable bonds is 3. The summed E-state index contributed by atoms with van der Waals surface area (Å²) in [4.78, 5) is 24.1. The summed E-state index contributed by atoms with van der Waals surface area (Å²) in [5, 5.41) is 3.99. The Morgan fingerprint density at radius 1 is 1.11 bits per heavy atom. The van der Waals surface area contributed by atoms with Gasteiger partial charge in [0.1, 0.15) is 5.82 Å². The maximum Gasteiger partial charge on any atom is 0.257 e. The molecule has 0 unspecified atom stereocenters. The molecule has 144 valence electrons. The second kappa shape index (κ2) is 7.92. The molecule has 2 aromatic heterocycles. The number of nitrogens with one attached hydrogen (secondary N) is 1. The Balaban J connectivity index is 1.80. The Morgan fingerprint density at radius 2 is 1.89 bits per heavy atom. The molecule has 0 radical (unpaired) electrons. The van der Waals surface area contributed by atoms with Crippen molar-refractivity contribution in [3.63, 3.8) is 0 Å². The average molecular weight is 378 g/mol. The van der Waals surface area contributed by atoms with Gasteiger partial charge in [0.05, 0.1) is 11.3 Å². The van der Waals surface area contributed by atoms with E-state index in [9.17, 15) is 9.18 Å². The summed E-state index contributed by atoms with van der Waals surface area (Å²) in [6.07, 6.45) is 5.92. The Kier molecular flexibility index (Phi) is 5.19. The summed E-state index contributed by atoms with van der Waals surface area (Å²) in [7, 11) is 0. The van der Waals surface area contributed by atoms with Crippen LogP contribution in [0.1, 0.15) is 41.7 Å². The number of aromatic nitrogens is 2. The number of aryl methyl sites for hydroxylation is 1. The SMILES string of the molecule is Cc1ccc2c(Nc3cccc(F)c3)c(C(=O)N3CCCCCC3)cnc2n1. The predicted molar refractivity (Wildman–Crippen MR) is 108 cm³/mol. The lowest BCUT2D eigenvalue weighted by Crippen LogP contribution is -2.32. The maximum atomic E-state index is 13.7. The standard InChI is InChI=1S/C22H23FN4O/c1-15-9-10-18-20(26-17-8-6-7-16(23)13-17)19(14-24-21(18)25-15)22(28)27-11-4-2-3-5-12-27/h6-10,13-14H,2-5,11-12H2,1H3,(H,24,25,26). The number of halogens is 1. The predicted octanol–water partition coefficient (Wildman–Crippen LogP) is 4.84. The van der Waals surface area contributed by atoms with Crippen LogP contribution >= 0.6 is 0 Å². The molecule has 28 heavy (non-hydrogen) atoms. The lowest BCUT2D eigenvalue weighted by Gasteiger charge is -2.22. The summed E-state index contributed by atoms with van der Waals surface area (Å²) < 4.78 is 13.7. The van der Waals surface area contributed by atoms with Crippen LogP contribution in [0.15, 0.2) is 42.6 Å². The van der Waals surface area contributed by atoms with Crippen molar-refractivity contribution in [2.75, 3.05) is 18.4 Å². The molecule has 4 rings (SSSR count). The minimum atomic E-state index is -0.335. The molecule has 0 aliphatic carbocycles. The number of benzene rings is 1. The first-order valence-corrected chi connectivity index (χ1v) is 9.70. The van der Waals surface area contributed by atoms with Crippen LogP contribution in [0.2, 0.25) is 0 Å². The number of hydrogen-bond donors (Lipinski definition) is 1. The second-order valence-electron chi connectivity index (χ2n) is 7.21. The first-order valence-electron chi connectivity index (χ1n) is 9.70. The fourth-order valence-corrected chi connectivity index (χ4v) is 3.62. The topological polar surface area (TPSA) is 58.1 Å². The summed E-state index contributed by atoms with van der Waals surface area (Å²) >= 11 is 0. The van der Waals surface area contributed by atoms with E-state index in [0.29, 0.717) is 22.6 Å². The number of carbonyl (C=O) groups is 1. The largest absolute Gasteiger partial charge is 0.354 e. The van der Waals surface area contributed by atoms with Gasteiger partial charge in [0.15, 0.2) is 5.65 Å². The van der Waals surface area contributed by atoms with Crippen molar-refractivity contribution in [2.24, 2.45) is 0 Å². The van der Waals surface area contributed by atoms with E-state index in [1.807, 2.05) is 24.0 Å². The minimum Gasteiger partial charge on any atom is -0.354 e. The highest BCUT2D eigenvalue weighted by atomic mass is 19.1. The lowest BCUT2D eigenvalue weighted by molar-refractivity contribution is 0.0762. The molecule has 0 saturated carbocycles. The fraction of sp³-hybridized carbons (Fsp3) is 0.318. The van der Waals surface area contributed by atoms with Gasteiger partial charge in [0.25, 0.3) is 5.91 Å². The van der Waals surface area contributed by atoms with E-state index in [-0.39, 0.29) is 11.7 Å². The number of likely N-dealkylation sites (tertiary alicyclic amines) is 1. The zero-order chi connectivity index (χ0) is 19.5. The van der Waals surface area contributed by atoms with Gasteiger partial charge in [-0.05, 0) is 50.1 Å². The van der Waals surface area contributed by atoms with Crippen LogP contribution in [0.5, 0.6) is 0 Å². The highest BCUT2D eigenvalue weighted by Crippen LogP contribution is 2.30. The molecule has 1 aliphatic heterocycles. The Hall–Kier alpha value is -3.02. The molecule has 1 aromatic carbocycles. The van der Waals surface area contributed by atoms with Gasteiger partial charge in [0.2, 0.25) is 0 Å². The molecule has 0 atom stereocenters. The Bertz CT molecular complexity index is 1010. The molecule has 1 aliphatic rings. The van der Waals surface area contributed by atoms with E-state index in [2.05, 4.69) is 15.3 Å². The molecule has 0 bridgehead atoms. The number of fused-ring (bicyclic) bond motifs is 1. The highest BCUT2D eigenvalue weighted by Gasteiger charge is 2.22. The molecule has 1 fully saturated rings. The van der Waals surface area contributed by atoms with Gasteiger partial charge in [-0.2, -0.15) is 0 Å². The molecule has 6 heteroatoms. The van der Waals surface area contributed by atoms with Crippen molar-refractivity contribution in [3.05, 3.63) is 59.7 Å². The van der Waals surface area contributed by atoms with Crippen LogP contribution in [0.3, 0.4) is 0 Å². The van der Waals surface area contributed by atoms with Crippen LogP contribution < -0.4 is 5.32 Å². The molecule has 1 saturated heterocycles. The normalized spacial score (nSPS) is 14.7. The van der Waals surface area contributed by atoms with Gasteiger partial charge >= 0.3 is 0 Å². The van der Waals surface area contributed by atoms with Crippen molar-refractivity contribution in [3.8, 4) is 0 Å².